The van der Waals surface area contributed by atoms with Crippen LogP contribution in [0.2, 0.25) is 0 Å². The Bertz CT molecular complexity index is 159. The molecule has 0 aromatic rings. The fourth-order valence-corrected chi connectivity index (χ4v) is 1.40. The molecule has 2 atom stereocenters. The van der Waals surface area contributed by atoms with Gasteiger partial charge in [0.1, 0.15) is 6.10 Å². The molecule has 1 aliphatic heterocycles. The first-order valence-corrected chi connectivity index (χ1v) is 4.95. The summed E-state index contributed by atoms with van der Waals surface area (Å²) in [5.74, 6) is 0. The number of ether oxygens (including phenoxy) is 3. The first kappa shape index (κ1) is 11.4. The van der Waals surface area contributed by atoms with E-state index in [0.29, 0.717) is 13.2 Å². The van der Waals surface area contributed by atoms with Gasteiger partial charge in [0.2, 0.25) is 0 Å². The second-order valence-electron chi connectivity index (χ2n) is 3.16. The topological polar surface area (TPSA) is 27.7 Å². The fourth-order valence-electron chi connectivity index (χ4n) is 1.40. The molecule has 1 rings (SSSR count). The number of rotatable bonds is 6. The van der Waals surface area contributed by atoms with Crippen molar-refractivity contribution in [1.82, 2.24) is 0 Å². The van der Waals surface area contributed by atoms with Gasteiger partial charge in [-0.3, -0.25) is 0 Å². The van der Waals surface area contributed by atoms with E-state index in [0.717, 1.165) is 19.4 Å². The van der Waals surface area contributed by atoms with Gasteiger partial charge in [-0.1, -0.05) is 12.2 Å². The Kier molecular flexibility index (Phi) is 5.52. The highest BCUT2D eigenvalue weighted by atomic mass is 16.7. The van der Waals surface area contributed by atoms with Gasteiger partial charge in [0.05, 0.1) is 13.2 Å². The van der Waals surface area contributed by atoms with Crippen molar-refractivity contribution >= 4 is 0 Å². The Morgan fingerprint density at radius 1 is 1.21 bits per heavy atom. The van der Waals surface area contributed by atoms with Gasteiger partial charge in [-0.05, 0) is 12.8 Å². The normalized spacial score (nSPS) is 27.1. The van der Waals surface area contributed by atoms with Crippen molar-refractivity contribution in [2.75, 3.05) is 19.8 Å². The zero-order valence-electron chi connectivity index (χ0n) is 8.48. The monoisotopic (exact) mass is 198 g/mol. The van der Waals surface area contributed by atoms with Gasteiger partial charge >= 0.3 is 0 Å². The molecule has 0 spiro atoms. The summed E-state index contributed by atoms with van der Waals surface area (Å²) < 4.78 is 16.4. The highest BCUT2D eigenvalue weighted by molar-refractivity contribution is 4.74. The molecule has 1 heterocycles. The highest BCUT2D eigenvalue weighted by Crippen LogP contribution is 2.18. The van der Waals surface area contributed by atoms with Crippen molar-refractivity contribution in [2.45, 2.75) is 25.2 Å². The largest absolute Gasteiger partial charge is 0.369 e. The third-order valence-electron chi connectivity index (χ3n) is 2.03. The lowest BCUT2D eigenvalue weighted by molar-refractivity contribution is -0.220. The van der Waals surface area contributed by atoms with Crippen LogP contribution in [-0.2, 0) is 14.2 Å². The van der Waals surface area contributed by atoms with Crippen LogP contribution in [0.3, 0.4) is 0 Å². The second kappa shape index (κ2) is 6.76. The molecule has 1 aliphatic rings. The van der Waals surface area contributed by atoms with Crippen molar-refractivity contribution in [3.05, 3.63) is 25.3 Å². The first-order valence-electron chi connectivity index (χ1n) is 4.95. The predicted molar refractivity (Wildman–Crippen MR) is 55.1 cm³/mol. The van der Waals surface area contributed by atoms with Crippen LogP contribution in [-0.4, -0.2) is 32.2 Å². The maximum absolute atomic E-state index is 5.54. The first-order chi connectivity index (χ1) is 6.88. The SMILES string of the molecule is C=CCO[C@H]1OCCC[C@@H]1OCC=C. The lowest BCUT2D eigenvalue weighted by atomic mass is 10.1. The van der Waals surface area contributed by atoms with Crippen molar-refractivity contribution in [3.63, 3.8) is 0 Å². The van der Waals surface area contributed by atoms with Crippen molar-refractivity contribution in [3.8, 4) is 0 Å². The third kappa shape index (κ3) is 3.62. The van der Waals surface area contributed by atoms with E-state index < -0.39 is 0 Å². The van der Waals surface area contributed by atoms with Crippen LogP contribution in [0.15, 0.2) is 25.3 Å². The van der Waals surface area contributed by atoms with Crippen LogP contribution in [0.4, 0.5) is 0 Å². The Balaban J connectivity index is 2.33. The minimum absolute atomic E-state index is 0.0294. The lowest BCUT2D eigenvalue weighted by Gasteiger charge is -2.30. The molecule has 0 bridgehead atoms. The summed E-state index contributed by atoms with van der Waals surface area (Å²) in [6.45, 7) is 8.99. The predicted octanol–water partition coefficient (Wildman–Crippen LogP) is 1.90. The standard InChI is InChI=1S/C11H18O3/c1-3-7-12-10-6-5-9-14-11(10)13-8-4-2/h3-4,10-11H,1-2,5-9H2/t10-,11-/m0/s1. The third-order valence-corrected chi connectivity index (χ3v) is 2.03. The second-order valence-corrected chi connectivity index (χ2v) is 3.16. The van der Waals surface area contributed by atoms with E-state index in [9.17, 15) is 0 Å². The van der Waals surface area contributed by atoms with E-state index in [1.807, 2.05) is 0 Å². The number of hydrogen-bond donors (Lipinski definition) is 0. The molecular formula is C11H18O3. The van der Waals surface area contributed by atoms with Gasteiger partial charge in [0.25, 0.3) is 0 Å². The van der Waals surface area contributed by atoms with Gasteiger partial charge in [-0.15, -0.1) is 13.2 Å². The molecular weight excluding hydrogens is 180 g/mol. The zero-order valence-corrected chi connectivity index (χ0v) is 8.48. The molecule has 3 nitrogen and oxygen atoms in total. The lowest BCUT2D eigenvalue weighted by Crippen LogP contribution is -2.38. The van der Waals surface area contributed by atoms with E-state index in [4.69, 9.17) is 14.2 Å². The maximum Gasteiger partial charge on any atom is 0.184 e. The number of hydrogen-bond acceptors (Lipinski definition) is 3. The van der Waals surface area contributed by atoms with Crippen molar-refractivity contribution in [2.24, 2.45) is 0 Å². The van der Waals surface area contributed by atoms with E-state index in [-0.39, 0.29) is 12.4 Å². The minimum atomic E-state index is -0.248. The molecule has 3 heteroatoms. The molecule has 0 aromatic carbocycles. The summed E-state index contributed by atoms with van der Waals surface area (Å²) in [4.78, 5) is 0. The van der Waals surface area contributed by atoms with Crippen LogP contribution in [0.25, 0.3) is 0 Å². The van der Waals surface area contributed by atoms with E-state index in [2.05, 4.69) is 13.2 Å². The molecule has 0 aromatic heterocycles. The summed E-state index contributed by atoms with van der Waals surface area (Å²) >= 11 is 0. The smallest absolute Gasteiger partial charge is 0.184 e. The maximum atomic E-state index is 5.54. The zero-order chi connectivity index (χ0) is 10.2. The van der Waals surface area contributed by atoms with Gasteiger partial charge in [-0.25, -0.2) is 0 Å². The molecule has 14 heavy (non-hydrogen) atoms. The summed E-state index contributed by atoms with van der Waals surface area (Å²) in [5, 5.41) is 0. The van der Waals surface area contributed by atoms with E-state index in [1.54, 1.807) is 12.2 Å². The van der Waals surface area contributed by atoms with Gasteiger partial charge in [0.15, 0.2) is 6.29 Å². The Morgan fingerprint density at radius 3 is 2.64 bits per heavy atom. The van der Waals surface area contributed by atoms with Crippen LogP contribution in [0, 0.1) is 0 Å². The van der Waals surface area contributed by atoms with Crippen LogP contribution in [0.5, 0.6) is 0 Å². The summed E-state index contributed by atoms with van der Waals surface area (Å²) in [5.41, 5.74) is 0. The average Bonchev–Trinajstić information content (AvgIpc) is 2.24. The molecule has 0 saturated carbocycles. The Labute approximate surface area is 85.3 Å². The highest BCUT2D eigenvalue weighted by Gasteiger charge is 2.26. The van der Waals surface area contributed by atoms with Crippen LogP contribution < -0.4 is 0 Å². The molecule has 1 fully saturated rings. The van der Waals surface area contributed by atoms with Crippen LogP contribution >= 0.6 is 0 Å². The van der Waals surface area contributed by atoms with Crippen LogP contribution in [0.1, 0.15) is 12.8 Å². The average molecular weight is 198 g/mol. The molecule has 0 N–H and O–H groups in total. The minimum Gasteiger partial charge on any atom is -0.369 e. The Morgan fingerprint density at radius 2 is 1.93 bits per heavy atom. The summed E-state index contributed by atoms with van der Waals surface area (Å²) in [7, 11) is 0. The van der Waals surface area contributed by atoms with Crippen molar-refractivity contribution < 1.29 is 14.2 Å². The molecule has 0 amide bonds. The molecule has 80 valence electrons. The van der Waals surface area contributed by atoms with E-state index in [1.165, 1.54) is 0 Å². The Hall–Kier alpha value is -0.640. The quantitative estimate of drug-likeness (QED) is 0.610. The summed E-state index contributed by atoms with van der Waals surface area (Å²) in [6, 6.07) is 0. The van der Waals surface area contributed by atoms with Gasteiger partial charge in [-0.2, -0.15) is 0 Å². The fraction of sp³-hybridized carbons (Fsp3) is 0.636. The molecule has 1 saturated heterocycles. The molecule has 0 aliphatic carbocycles. The molecule has 0 unspecified atom stereocenters. The molecule has 0 radical (unpaired) electrons. The van der Waals surface area contributed by atoms with Gasteiger partial charge < -0.3 is 14.2 Å². The summed E-state index contributed by atoms with van der Waals surface area (Å²) in [6.07, 6.45) is 5.23. The van der Waals surface area contributed by atoms with Crippen molar-refractivity contribution in [1.29, 1.82) is 0 Å². The van der Waals surface area contributed by atoms with E-state index >= 15 is 0 Å². The van der Waals surface area contributed by atoms with Gasteiger partial charge in [0, 0.05) is 6.61 Å².